The van der Waals surface area contributed by atoms with Gasteiger partial charge >= 0.3 is 5.97 Å². The zero-order chi connectivity index (χ0) is 21.7. The second kappa shape index (κ2) is 9.49. The van der Waals surface area contributed by atoms with Crippen molar-refractivity contribution in [1.29, 1.82) is 0 Å². The SMILES string of the molecule is CCOC(=O)C(NC(=O)/C=C\c1cccs1)c1c(C)nn(-c2ccc(F)cc2)c1C. The van der Waals surface area contributed by atoms with Gasteiger partial charge in [0.2, 0.25) is 5.91 Å². The minimum Gasteiger partial charge on any atom is -0.464 e. The van der Waals surface area contributed by atoms with Crippen LogP contribution in [0.3, 0.4) is 0 Å². The third-order valence-corrected chi connectivity index (χ3v) is 5.30. The van der Waals surface area contributed by atoms with Gasteiger partial charge in [-0.15, -0.1) is 11.3 Å². The van der Waals surface area contributed by atoms with Crippen molar-refractivity contribution in [3.8, 4) is 5.69 Å². The highest BCUT2D eigenvalue weighted by Crippen LogP contribution is 2.25. The highest BCUT2D eigenvalue weighted by atomic mass is 32.1. The summed E-state index contributed by atoms with van der Waals surface area (Å²) >= 11 is 1.50. The topological polar surface area (TPSA) is 73.2 Å². The lowest BCUT2D eigenvalue weighted by atomic mass is 10.0. The Balaban J connectivity index is 1.93. The van der Waals surface area contributed by atoms with E-state index in [1.165, 1.54) is 29.5 Å². The number of carbonyl (C=O) groups is 2. The number of benzene rings is 1. The van der Waals surface area contributed by atoms with E-state index in [-0.39, 0.29) is 12.4 Å². The molecule has 0 saturated carbocycles. The largest absolute Gasteiger partial charge is 0.464 e. The number of hydrogen-bond acceptors (Lipinski definition) is 5. The molecule has 2 heterocycles. The smallest absolute Gasteiger partial charge is 0.333 e. The first-order chi connectivity index (χ1) is 14.4. The number of nitrogens with one attached hydrogen (secondary N) is 1. The average Bonchev–Trinajstić information content (AvgIpc) is 3.34. The molecule has 3 rings (SSSR count). The van der Waals surface area contributed by atoms with Crippen molar-refractivity contribution >= 4 is 29.3 Å². The third kappa shape index (κ3) is 4.83. The summed E-state index contributed by atoms with van der Waals surface area (Å²) in [6.07, 6.45) is 3.07. The Kier molecular flexibility index (Phi) is 6.79. The van der Waals surface area contributed by atoms with E-state index in [4.69, 9.17) is 4.74 Å². The van der Waals surface area contributed by atoms with Crippen LogP contribution in [0.25, 0.3) is 11.8 Å². The molecule has 0 fully saturated rings. The first-order valence-electron chi connectivity index (χ1n) is 9.41. The van der Waals surface area contributed by atoms with Crippen molar-refractivity contribution in [1.82, 2.24) is 15.1 Å². The zero-order valence-electron chi connectivity index (χ0n) is 16.9. The second-order valence-corrected chi connectivity index (χ2v) is 7.49. The van der Waals surface area contributed by atoms with Crippen LogP contribution in [0.2, 0.25) is 0 Å². The summed E-state index contributed by atoms with van der Waals surface area (Å²) in [6.45, 7) is 5.43. The van der Waals surface area contributed by atoms with Gasteiger partial charge in [0.05, 0.1) is 18.0 Å². The highest BCUT2D eigenvalue weighted by Gasteiger charge is 2.30. The first kappa shape index (κ1) is 21.4. The van der Waals surface area contributed by atoms with Gasteiger partial charge in [0.25, 0.3) is 0 Å². The quantitative estimate of drug-likeness (QED) is 0.455. The highest BCUT2D eigenvalue weighted by molar-refractivity contribution is 7.10. The molecule has 1 atom stereocenters. The van der Waals surface area contributed by atoms with Gasteiger partial charge in [-0.25, -0.2) is 13.9 Å². The van der Waals surface area contributed by atoms with Crippen LogP contribution in [0.15, 0.2) is 47.9 Å². The lowest BCUT2D eigenvalue weighted by Gasteiger charge is -2.17. The van der Waals surface area contributed by atoms with Crippen molar-refractivity contribution in [3.05, 3.63) is 75.5 Å². The lowest BCUT2D eigenvalue weighted by Crippen LogP contribution is -2.34. The van der Waals surface area contributed by atoms with E-state index in [2.05, 4.69) is 10.4 Å². The van der Waals surface area contributed by atoms with Crippen LogP contribution in [-0.4, -0.2) is 28.3 Å². The fraction of sp³-hybridized carbons (Fsp3) is 0.227. The van der Waals surface area contributed by atoms with Crippen molar-refractivity contribution in [3.63, 3.8) is 0 Å². The van der Waals surface area contributed by atoms with E-state index in [0.717, 1.165) is 4.88 Å². The standard InChI is InChI=1S/C22H22FN3O3S/c1-4-29-22(28)21(24-19(27)12-11-18-6-5-13-30-18)20-14(2)25-26(15(20)3)17-9-7-16(23)8-10-17/h5-13,21H,4H2,1-3H3,(H,24,27)/b12-11-. The van der Waals surface area contributed by atoms with Crippen LogP contribution in [0, 0.1) is 19.7 Å². The summed E-state index contributed by atoms with van der Waals surface area (Å²) in [5, 5.41) is 9.13. The van der Waals surface area contributed by atoms with E-state index >= 15 is 0 Å². The Bertz CT molecular complexity index is 1060. The summed E-state index contributed by atoms with van der Waals surface area (Å²) in [4.78, 5) is 26.1. The molecule has 30 heavy (non-hydrogen) atoms. The zero-order valence-corrected chi connectivity index (χ0v) is 17.7. The number of halogens is 1. The van der Waals surface area contributed by atoms with Crippen molar-refractivity contribution < 1.29 is 18.7 Å². The molecular weight excluding hydrogens is 405 g/mol. The number of ether oxygens (including phenoxy) is 1. The first-order valence-corrected chi connectivity index (χ1v) is 10.3. The number of amides is 1. The van der Waals surface area contributed by atoms with Gasteiger partial charge < -0.3 is 10.1 Å². The predicted molar refractivity (Wildman–Crippen MR) is 114 cm³/mol. The fourth-order valence-electron chi connectivity index (χ4n) is 3.12. The summed E-state index contributed by atoms with van der Waals surface area (Å²) in [5.41, 5.74) is 2.42. The molecule has 1 amide bonds. The van der Waals surface area contributed by atoms with Gasteiger partial charge in [-0.2, -0.15) is 5.10 Å². The van der Waals surface area contributed by atoms with E-state index in [1.54, 1.807) is 43.7 Å². The van der Waals surface area contributed by atoms with E-state index in [1.807, 2.05) is 17.5 Å². The van der Waals surface area contributed by atoms with Gasteiger partial charge in [-0.1, -0.05) is 6.07 Å². The molecule has 2 aromatic heterocycles. The maximum Gasteiger partial charge on any atom is 0.333 e. The van der Waals surface area contributed by atoms with Crippen LogP contribution in [0.5, 0.6) is 0 Å². The maximum absolute atomic E-state index is 13.3. The Morgan fingerprint density at radius 3 is 2.63 bits per heavy atom. The molecule has 0 saturated heterocycles. The molecule has 1 unspecified atom stereocenters. The van der Waals surface area contributed by atoms with Gasteiger partial charge in [0.15, 0.2) is 6.04 Å². The molecule has 3 aromatic rings. The summed E-state index contributed by atoms with van der Waals surface area (Å²) in [6, 6.07) is 8.63. The minimum absolute atomic E-state index is 0.181. The molecule has 0 bridgehead atoms. The van der Waals surface area contributed by atoms with Gasteiger partial charge in [-0.05, 0) is 62.6 Å². The van der Waals surface area contributed by atoms with Crippen LogP contribution < -0.4 is 5.32 Å². The van der Waals surface area contributed by atoms with E-state index in [9.17, 15) is 14.0 Å². The van der Waals surface area contributed by atoms with Gasteiger partial charge in [0.1, 0.15) is 5.82 Å². The summed E-state index contributed by atoms with van der Waals surface area (Å²) in [5.74, 6) is -1.34. The molecule has 0 radical (unpaired) electrons. The molecule has 6 nitrogen and oxygen atoms in total. The average molecular weight is 428 g/mol. The second-order valence-electron chi connectivity index (χ2n) is 6.52. The molecule has 0 aliphatic rings. The Hall–Kier alpha value is -3.26. The maximum atomic E-state index is 13.3. The lowest BCUT2D eigenvalue weighted by molar-refractivity contribution is -0.147. The number of rotatable bonds is 7. The summed E-state index contributed by atoms with van der Waals surface area (Å²) in [7, 11) is 0. The number of esters is 1. The Labute approximate surface area is 178 Å². The van der Waals surface area contributed by atoms with Crippen molar-refractivity contribution in [2.24, 2.45) is 0 Å². The number of aryl methyl sites for hydroxylation is 1. The number of nitrogens with zero attached hydrogens (tertiary/aromatic N) is 2. The van der Waals surface area contributed by atoms with Crippen molar-refractivity contribution in [2.45, 2.75) is 26.8 Å². The number of thiophene rings is 1. The normalized spacial score (nSPS) is 12.1. The number of aromatic nitrogens is 2. The summed E-state index contributed by atoms with van der Waals surface area (Å²) < 4.78 is 20.1. The fourth-order valence-corrected chi connectivity index (χ4v) is 3.73. The van der Waals surface area contributed by atoms with Crippen molar-refractivity contribution in [2.75, 3.05) is 6.61 Å². The monoisotopic (exact) mass is 427 g/mol. The number of hydrogen-bond donors (Lipinski definition) is 1. The van der Waals surface area contributed by atoms with Gasteiger partial charge in [-0.3, -0.25) is 4.79 Å². The molecule has 0 aliphatic heterocycles. The molecule has 1 aromatic carbocycles. The van der Waals surface area contributed by atoms with Crippen LogP contribution in [0.1, 0.15) is 34.8 Å². The minimum atomic E-state index is -1.01. The third-order valence-electron chi connectivity index (χ3n) is 4.46. The van der Waals surface area contributed by atoms with Crippen LogP contribution in [0.4, 0.5) is 4.39 Å². The molecule has 1 N–H and O–H groups in total. The van der Waals surface area contributed by atoms with E-state index < -0.39 is 17.9 Å². The number of carbonyl (C=O) groups excluding carboxylic acids is 2. The molecule has 156 valence electrons. The van der Waals surface area contributed by atoms with E-state index in [0.29, 0.717) is 22.6 Å². The molecule has 8 heteroatoms. The van der Waals surface area contributed by atoms with Gasteiger partial charge in [0, 0.05) is 22.2 Å². The van der Waals surface area contributed by atoms with Crippen LogP contribution in [-0.2, 0) is 14.3 Å². The molecule has 0 spiro atoms. The Morgan fingerprint density at radius 1 is 1.27 bits per heavy atom. The molecular formula is C22H22FN3O3S. The Morgan fingerprint density at radius 2 is 2.00 bits per heavy atom. The van der Waals surface area contributed by atoms with Crippen LogP contribution >= 0.6 is 11.3 Å². The predicted octanol–water partition coefficient (Wildman–Crippen LogP) is 4.12. The molecule has 0 aliphatic carbocycles.